The summed E-state index contributed by atoms with van der Waals surface area (Å²) in [4.78, 5) is 0. The Morgan fingerprint density at radius 1 is 1.21 bits per heavy atom. The first-order valence-corrected chi connectivity index (χ1v) is 6.55. The summed E-state index contributed by atoms with van der Waals surface area (Å²) < 4.78 is 24.9. The van der Waals surface area contributed by atoms with Gasteiger partial charge in [0.2, 0.25) is 0 Å². The molecule has 19 heavy (non-hydrogen) atoms. The van der Waals surface area contributed by atoms with E-state index in [1.165, 1.54) is 6.07 Å². The molecule has 1 aromatic carbocycles. The van der Waals surface area contributed by atoms with Crippen LogP contribution in [0.5, 0.6) is 11.5 Å². The SMILES string of the molecule is CCOc1cc(F)c(C(CCO)NC)cc1OCC. The van der Waals surface area contributed by atoms with Gasteiger partial charge in [-0.05, 0) is 33.4 Å². The summed E-state index contributed by atoms with van der Waals surface area (Å²) in [6.45, 7) is 4.62. The molecule has 0 fully saturated rings. The Morgan fingerprint density at radius 2 is 1.79 bits per heavy atom. The number of aliphatic hydroxyl groups excluding tert-OH is 1. The van der Waals surface area contributed by atoms with E-state index in [0.717, 1.165) is 0 Å². The predicted molar refractivity (Wildman–Crippen MR) is 72.2 cm³/mol. The van der Waals surface area contributed by atoms with Crippen molar-refractivity contribution in [1.82, 2.24) is 5.32 Å². The lowest BCUT2D eigenvalue weighted by Crippen LogP contribution is -2.19. The molecule has 2 N–H and O–H groups in total. The lowest BCUT2D eigenvalue weighted by atomic mass is 10.0. The Kier molecular flexibility index (Phi) is 6.59. The minimum absolute atomic E-state index is 0.0118. The Labute approximate surface area is 113 Å². The minimum Gasteiger partial charge on any atom is -0.490 e. The third-order valence-electron chi connectivity index (χ3n) is 2.80. The Balaban J connectivity index is 3.14. The molecule has 0 bridgehead atoms. The molecule has 4 nitrogen and oxygen atoms in total. The topological polar surface area (TPSA) is 50.7 Å². The summed E-state index contributed by atoms with van der Waals surface area (Å²) in [5.41, 5.74) is 0.475. The number of nitrogens with one attached hydrogen (secondary N) is 1. The summed E-state index contributed by atoms with van der Waals surface area (Å²) in [6, 6.07) is 2.73. The van der Waals surface area contributed by atoms with E-state index >= 15 is 0 Å². The molecule has 1 rings (SSSR count). The van der Waals surface area contributed by atoms with Gasteiger partial charge in [0.05, 0.1) is 13.2 Å². The Hall–Kier alpha value is -1.33. The molecule has 0 spiro atoms. The van der Waals surface area contributed by atoms with Crippen LogP contribution in [0.15, 0.2) is 12.1 Å². The lowest BCUT2D eigenvalue weighted by molar-refractivity contribution is 0.265. The Morgan fingerprint density at radius 3 is 2.26 bits per heavy atom. The van der Waals surface area contributed by atoms with Gasteiger partial charge >= 0.3 is 0 Å². The first-order chi connectivity index (χ1) is 9.17. The summed E-state index contributed by atoms with van der Waals surface area (Å²) >= 11 is 0. The van der Waals surface area contributed by atoms with Crippen LogP contribution in [0.4, 0.5) is 4.39 Å². The molecule has 1 aromatic rings. The molecule has 1 unspecified atom stereocenters. The van der Waals surface area contributed by atoms with Crippen LogP contribution in [0, 0.1) is 5.82 Å². The van der Waals surface area contributed by atoms with Crippen molar-refractivity contribution in [1.29, 1.82) is 0 Å². The van der Waals surface area contributed by atoms with E-state index in [-0.39, 0.29) is 18.5 Å². The van der Waals surface area contributed by atoms with Gasteiger partial charge in [0.15, 0.2) is 11.5 Å². The van der Waals surface area contributed by atoms with E-state index in [9.17, 15) is 4.39 Å². The van der Waals surface area contributed by atoms with Crippen molar-refractivity contribution in [3.8, 4) is 11.5 Å². The largest absolute Gasteiger partial charge is 0.490 e. The van der Waals surface area contributed by atoms with Gasteiger partial charge in [-0.2, -0.15) is 0 Å². The van der Waals surface area contributed by atoms with Crippen LogP contribution in [0.1, 0.15) is 31.9 Å². The van der Waals surface area contributed by atoms with E-state index in [1.807, 2.05) is 13.8 Å². The quantitative estimate of drug-likeness (QED) is 0.761. The van der Waals surface area contributed by atoms with Gasteiger partial charge in [0.25, 0.3) is 0 Å². The highest BCUT2D eigenvalue weighted by Gasteiger charge is 2.18. The molecule has 0 aliphatic rings. The van der Waals surface area contributed by atoms with Crippen molar-refractivity contribution >= 4 is 0 Å². The molecule has 0 amide bonds. The fourth-order valence-electron chi connectivity index (χ4n) is 1.94. The maximum absolute atomic E-state index is 14.1. The van der Waals surface area contributed by atoms with E-state index in [4.69, 9.17) is 14.6 Å². The van der Waals surface area contributed by atoms with Gasteiger partial charge in [0.1, 0.15) is 5.82 Å². The van der Waals surface area contributed by atoms with Crippen molar-refractivity contribution in [2.24, 2.45) is 0 Å². The third kappa shape index (κ3) is 4.08. The zero-order valence-electron chi connectivity index (χ0n) is 11.7. The maximum Gasteiger partial charge on any atom is 0.164 e. The molecule has 0 aliphatic carbocycles. The van der Waals surface area contributed by atoms with E-state index in [1.54, 1.807) is 13.1 Å². The molecule has 5 heteroatoms. The summed E-state index contributed by atoms with van der Waals surface area (Å²) in [5, 5.41) is 12.0. The normalized spacial score (nSPS) is 12.3. The number of halogens is 1. The lowest BCUT2D eigenvalue weighted by Gasteiger charge is -2.19. The number of aliphatic hydroxyl groups is 1. The van der Waals surface area contributed by atoms with Gasteiger partial charge in [-0.1, -0.05) is 0 Å². The first kappa shape index (κ1) is 15.7. The van der Waals surface area contributed by atoms with Crippen LogP contribution in [0.25, 0.3) is 0 Å². The molecule has 1 atom stereocenters. The van der Waals surface area contributed by atoms with E-state index in [0.29, 0.717) is 36.7 Å². The molecule has 0 aromatic heterocycles. The molecule has 0 saturated heterocycles. The Bertz CT molecular complexity index is 399. The highest BCUT2D eigenvalue weighted by Crippen LogP contribution is 2.33. The van der Waals surface area contributed by atoms with Gasteiger partial charge in [-0.25, -0.2) is 4.39 Å². The predicted octanol–water partition coefficient (Wildman–Crippen LogP) is 2.27. The average molecular weight is 271 g/mol. The third-order valence-corrected chi connectivity index (χ3v) is 2.80. The molecule has 0 heterocycles. The summed E-state index contributed by atoms with van der Waals surface area (Å²) in [6.07, 6.45) is 0.437. The highest BCUT2D eigenvalue weighted by molar-refractivity contribution is 5.44. The van der Waals surface area contributed by atoms with Crippen LogP contribution in [-0.4, -0.2) is 32.0 Å². The summed E-state index contributed by atoms with van der Waals surface area (Å²) in [5.74, 6) is 0.572. The van der Waals surface area contributed by atoms with Crippen molar-refractivity contribution in [2.45, 2.75) is 26.3 Å². The number of rotatable bonds is 8. The smallest absolute Gasteiger partial charge is 0.164 e. The van der Waals surface area contributed by atoms with Crippen LogP contribution < -0.4 is 14.8 Å². The van der Waals surface area contributed by atoms with Crippen molar-refractivity contribution < 1.29 is 19.0 Å². The molecular formula is C14H22FNO3. The average Bonchev–Trinajstić information content (AvgIpc) is 2.40. The second-order valence-corrected chi connectivity index (χ2v) is 4.04. The van der Waals surface area contributed by atoms with Gasteiger partial charge < -0.3 is 19.9 Å². The van der Waals surface area contributed by atoms with Crippen molar-refractivity contribution in [3.05, 3.63) is 23.5 Å². The highest BCUT2D eigenvalue weighted by atomic mass is 19.1. The number of ether oxygens (including phenoxy) is 2. The molecule has 0 aliphatic heterocycles. The standard InChI is InChI=1S/C14H22FNO3/c1-4-18-13-8-10(12(16-3)6-7-17)11(15)9-14(13)19-5-2/h8-9,12,16-17H,4-7H2,1-3H3. The van der Waals surface area contributed by atoms with E-state index < -0.39 is 0 Å². The van der Waals surface area contributed by atoms with Crippen molar-refractivity contribution in [3.63, 3.8) is 0 Å². The second kappa shape index (κ2) is 7.96. The molecular weight excluding hydrogens is 249 g/mol. The van der Waals surface area contributed by atoms with Crippen LogP contribution in [-0.2, 0) is 0 Å². The van der Waals surface area contributed by atoms with Crippen LogP contribution in [0.3, 0.4) is 0 Å². The number of benzene rings is 1. The molecule has 108 valence electrons. The second-order valence-electron chi connectivity index (χ2n) is 4.04. The van der Waals surface area contributed by atoms with Gasteiger partial charge in [-0.15, -0.1) is 0 Å². The molecule has 0 saturated carbocycles. The monoisotopic (exact) mass is 271 g/mol. The zero-order chi connectivity index (χ0) is 14.3. The van der Waals surface area contributed by atoms with Crippen LogP contribution >= 0.6 is 0 Å². The van der Waals surface area contributed by atoms with E-state index in [2.05, 4.69) is 5.32 Å². The van der Waals surface area contributed by atoms with Crippen molar-refractivity contribution in [2.75, 3.05) is 26.9 Å². The summed E-state index contributed by atoms with van der Waals surface area (Å²) in [7, 11) is 1.73. The zero-order valence-corrected chi connectivity index (χ0v) is 11.7. The van der Waals surface area contributed by atoms with Gasteiger partial charge in [0, 0.05) is 24.3 Å². The maximum atomic E-state index is 14.1. The first-order valence-electron chi connectivity index (χ1n) is 6.55. The minimum atomic E-state index is -0.361. The fourth-order valence-corrected chi connectivity index (χ4v) is 1.94. The van der Waals surface area contributed by atoms with Crippen LogP contribution in [0.2, 0.25) is 0 Å². The molecule has 0 radical (unpaired) electrons. The number of hydrogen-bond acceptors (Lipinski definition) is 4. The fraction of sp³-hybridized carbons (Fsp3) is 0.571. The number of hydrogen-bond donors (Lipinski definition) is 2. The van der Waals surface area contributed by atoms with Gasteiger partial charge in [-0.3, -0.25) is 0 Å².